The summed E-state index contributed by atoms with van der Waals surface area (Å²) < 4.78 is 0. The summed E-state index contributed by atoms with van der Waals surface area (Å²) in [7, 11) is 0. The van der Waals surface area contributed by atoms with Crippen LogP contribution in [0.1, 0.15) is 11.6 Å². The number of hydrogen-bond acceptors (Lipinski definition) is 3. The van der Waals surface area contributed by atoms with E-state index in [1.54, 1.807) is 6.20 Å². The smallest absolute Gasteiger partial charge is 0.241 e. The van der Waals surface area contributed by atoms with E-state index in [1.807, 2.05) is 30.3 Å². The first kappa shape index (κ1) is 10.2. The fourth-order valence-corrected chi connectivity index (χ4v) is 2.14. The highest BCUT2D eigenvalue weighted by Crippen LogP contribution is 2.20. The minimum atomic E-state index is -0.242. The van der Waals surface area contributed by atoms with Crippen LogP contribution in [0.15, 0.2) is 36.5 Å². The zero-order chi connectivity index (χ0) is 11.7. The first-order chi connectivity index (χ1) is 8.34. The van der Waals surface area contributed by atoms with Crippen LogP contribution in [0.3, 0.4) is 0 Å². The van der Waals surface area contributed by atoms with Crippen molar-refractivity contribution in [3.63, 3.8) is 0 Å². The van der Waals surface area contributed by atoms with Gasteiger partial charge in [0.15, 0.2) is 0 Å². The van der Waals surface area contributed by atoms with E-state index in [1.165, 1.54) is 0 Å². The first-order valence-corrected chi connectivity index (χ1v) is 5.70. The summed E-state index contributed by atoms with van der Waals surface area (Å²) in [6, 6.07) is 9.60. The summed E-state index contributed by atoms with van der Waals surface area (Å²) in [6.07, 6.45) is 1.77. The lowest BCUT2D eigenvalue weighted by Gasteiger charge is -2.23. The van der Waals surface area contributed by atoms with Gasteiger partial charge in [-0.2, -0.15) is 0 Å². The molecule has 1 aromatic heterocycles. The Labute approximate surface area is 99.0 Å². The molecule has 1 aliphatic rings. The number of hydrogen-bond donors (Lipinski definition) is 2. The van der Waals surface area contributed by atoms with Gasteiger partial charge in [-0.05, 0) is 23.8 Å². The maximum Gasteiger partial charge on any atom is 0.241 e. The second kappa shape index (κ2) is 4.14. The molecule has 1 amide bonds. The molecule has 0 saturated carbocycles. The summed E-state index contributed by atoms with van der Waals surface area (Å²) in [5, 5.41) is 7.14. The van der Waals surface area contributed by atoms with E-state index in [2.05, 4.69) is 15.6 Å². The lowest BCUT2D eigenvalue weighted by molar-refractivity contribution is -0.124. The Morgan fingerprint density at radius 3 is 3.06 bits per heavy atom. The van der Waals surface area contributed by atoms with Crippen molar-refractivity contribution in [2.45, 2.75) is 6.04 Å². The van der Waals surface area contributed by atoms with Gasteiger partial charge >= 0.3 is 0 Å². The lowest BCUT2D eigenvalue weighted by Crippen LogP contribution is -2.47. The summed E-state index contributed by atoms with van der Waals surface area (Å²) in [5.74, 6) is 0.0412. The Kier molecular flexibility index (Phi) is 2.49. The Morgan fingerprint density at radius 1 is 1.24 bits per heavy atom. The lowest BCUT2D eigenvalue weighted by atomic mass is 10.0. The average Bonchev–Trinajstić information content (AvgIpc) is 2.39. The molecule has 1 unspecified atom stereocenters. The highest BCUT2D eigenvalue weighted by atomic mass is 16.2. The quantitative estimate of drug-likeness (QED) is 0.764. The van der Waals surface area contributed by atoms with E-state index in [4.69, 9.17) is 0 Å². The van der Waals surface area contributed by atoms with Crippen LogP contribution in [-0.4, -0.2) is 24.0 Å². The van der Waals surface area contributed by atoms with Crippen LogP contribution in [0, 0.1) is 0 Å². The topological polar surface area (TPSA) is 54.0 Å². The Morgan fingerprint density at radius 2 is 2.18 bits per heavy atom. The molecule has 17 heavy (non-hydrogen) atoms. The number of nitrogens with zero attached hydrogens (tertiary/aromatic N) is 1. The van der Waals surface area contributed by atoms with Crippen molar-refractivity contribution in [3.8, 4) is 0 Å². The molecule has 4 nitrogen and oxygen atoms in total. The zero-order valence-electron chi connectivity index (χ0n) is 9.31. The molecule has 0 spiro atoms. The predicted octanol–water partition coefficient (Wildman–Crippen LogP) is 0.995. The molecule has 4 heteroatoms. The Balaban J connectivity index is 2.02. The van der Waals surface area contributed by atoms with E-state index in [-0.39, 0.29) is 11.9 Å². The van der Waals surface area contributed by atoms with Gasteiger partial charge in [0.1, 0.15) is 6.04 Å². The van der Waals surface area contributed by atoms with Crippen LogP contribution in [-0.2, 0) is 4.79 Å². The van der Waals surface area contributed by atoms with Gasteiger partial charge in [-0.1, -0.05) is 12.1 Å². The Hall–Kier alpha value is -1.94. The predicted molar refractivity (Wildman–Crippen MR) is 65.5 cm³/mol. The van der Waals surface area contributed by atoms with E-state index < -0.39 is 0 Å². The fourth-order valence-electron chi connectivity index (χ4n) is 2.14. The minimum Gasteiger partial charge on any atom is -0.353 e. The number of piperazine rings is 1. The summed E-state index contributed by atoms with van der Waals surface area (Å²) >= 11 is 0. The van der Waals surface area contributed by atoms with Crippen molar-refractivity contribution >= 4 is 16.8 Å². The third kappa shape index (κ3) is 1.87. The number of aromatic nitrogens is 1. The van der Waals surface area contributed by atoms with Gasteiger partial charge in [-0.3, -0.25) is 9.78 Å². The Bertz CT molecular complexity index is 567. The molecule has 1 aliphatic heterocycles. The van der Waals surface area contributed by atoms with Gasteiger partial charge in [-0.25, -0.2) is 0 Å². The number of benzene rings is 1. The van der Waals surface area contributed by atoms with Gasteiger partial charge in [0, 0.05) is 24.7 Å². The summed E-state index contributed by atoms with van der Waals surface area (Å²) in [5.41, 5.74) is 1.94. The third-order valence-electron chi connectivity index (χ3n) is 3.00. The molecule has 0 aliphatic carbocycles. The van der Waals surface area contributed by atoms with Crippen molar-refractivity contribution in [3.05, 3.63) is 42.1 Å². The molecular weight excluding hydrogens is 214 g/mol. The van der Waals surface area contributed by atoms with Crippen LogP contribution in [0.2, 0.25) is 0 Å². The summed E-state index contributed by atoms with van der Waals surface area (Å²) in [6.45, 7) is 1.51. The number of amides is 1. The van der Waals surface area contributed by atoms with E-state index >= 15 is 0 Å². The molecule has 2 aromatic rings. The number of nitrogens with one attached hydrogen (secondary N) is 2. The molecule has 1 fully saturated rings. The molecule has 1 aromatic carbocycles. The normalized spacial score (nSPS) is 20.2. The van der Waals surface area contributed by atoms with Crippen molar-refractivity contribution in [2.75, 3.05) is 13.1 Å². The summed E-state index contributed by atoms with van der Waals surface area (Å²) in [4.78, 5) is 16.0. The largest absolute Gasteiger partial charge is 0.353 e. The van der Waals surface area contributed by atoms with E-state index in [0.717, 1.165) is 23.0 Å². The molecule has 3 rings (SSSR count). The van der Waals surface area contributed by atoms with Crippen molar-refractivity contribution < 1.29 is 4.79 Å². The first-order valence-electron chi connectivity index (χ1n) is 5.70. The second-order valence-corrected chi connectivity index (χ2v) is 4.13. The van der Waals surface area contributed by atoms with Crippen molar-refractivity contribution in [1.82, 2.24) is 15.6 Å². The number of carbonyl (C=O) groups is 1. The van der Waals surface area contributed by atoms with Crippen LogP contribution in [0.5, 0.6) is 0 Å². The molecule has 2 heterocycles. The molecule has 2 N–H and O–H groups in total. The zero-order valence-corrected chi connectivity index (χ0v) is 9.31. The molecular formula is C13H13N3O. The van der Waals surface area contributed by atoms with Gasteiger partial charge < -0.3 is 10.6 Å². The number of pyridine rings is 1. The van der Waals surface area contributed by atoms with Gasteiger partial charge in [0.25, 0.3) is 0 Å². The highest BCUT2D eigenvalue weighted by Gasteiger charge is 2.22. The van der Waals surface area contributed by atoms with Gasteiger partial charge in [0.2, 0.25) is 5.91 Å². The van der Waals surface area contributed by atoms with Crippen LogP contribution < -0.4 is 10.6 Å². The number of carbonyl (C=O) groups excluding carboxylic acids is 1. The van der Waals surface area contributed by atoms with Crippen LogP contribution >= 0.6 is 0 Å². The monoisotopic (exact) mass is 227 g/mol. The fraction of sp³-hybridized carbons (Fsp3) is 0.231. The van der Waals surface area contributed by atoms with E-state index in [9.17, 15) is 4.79 Å². The minimum absolute atomic E-state index is 0.0412. The van der Waals surface area contributed by atoms with Crippen molar-refractivity contribution in [1.29, 1.82) is 0 Å². The van der Waals surface area contributed by atoms with E-state index in [0.29, 0.717) is 6.54 Å². The SMILES string of the molecule is O=C1NCCNC1c1ccc2ncccc2c1. The van der Waals surface area contributed by atoms with Gasteiger partial charge in [0.05, 0.1) is 5.52 Å². The number of rotatable bonds is 1. The maximum atomic E-state index is 11.7. The molecule has 0 bridgehead atoms. The standard InChI is InChI=1S/C13H13N3O/c17-13-12(15-6-7-16-13)10-3-4-11-9(8-10)2-1-5-14-11/h1-5,8,12,15H,6-7H2,(H,16,17). The second-order valence-electron chi connectivity index (χ2n) is 4.13. The number of fused-ring (bicyclic) bond motifs is 1. The maximum absolute atomic E-state index is 11.7. The van der Waals surface area contributed by atoms with Gasteiger partial charge in [-0.15, -0.1) is 0 Å². The third-order valence-corrected chi connectivity index (χ3v) is 3.00. The molecule has 0 radical (unpaired) electrons. The molecule has 1 saturated heterocycles. The van der Waals surface area contributed by atoms with Crippen molar-refractivity contribution in [2.24, 2.45) is 0 Å². The molecule has 86 valence electrons. The highest BCUT2D eigenvalue weighted by molar-refractivity contribution is 5.86. The van der Waals surface area contributed by atoms with Crippen LogP contribution in [0.4, 0.5) is 0 Å². The van der Waals surface area contributed by atoms with Crippen LogP contribution in [0.25, 0.3) is 10.9 Å². The molecule has 1 atom stereocenters. The average molecular weight is 227 g/mol.